The van der Waals surface area contributed by atoms with Crippen molar-refractivity contribution >= 4 is 16.9 Å². The Morgan fingerprint density at radius 3 is 2.77 bits per heavy atom. The van der Waals surface area contributed by atoms with Gasteiger partial charge in [0.2, 0.25) is 0 Å². The number of para-hydroxylation sites is 2. The molecule has 1 aromatic carbocycles. The van der Waals surface area contributed by atoms with Crippen molar-refractivity contribution in [3.63, 3.8) is 0 Å². The summed E-state index contributed by atoms with van der Waals surface area (Å²) in [6, 6.07) is 13.1. The largest absolute Gasteiger partial charge is 0.351 e. The Balaban J connectivity index is 1.45. The minimum Gasteiger partial charge on any atom is -0.351 e. The molecule has 26 heavy (non-hydrogen) atoms. The molecule has 0 spiro atoms. The number of aryl methyl sites for hydroxylation is 3. The van der Waals surface area contributed by atoms with E-state index in [9.17, 15) is 5.26 Å². The van der Waals surface area contributed by atoms with Crippen molar-refractivity contribution in [2.75, 3.05) is 18.0 Å². The maximum Gasteiger partial charge on any atom is 0.146 e. The van der Waals surface area contributed by atoms with Crippen LogP contribution in [-0.2, 0) is 12.8 Å². The van der Waals surface area contributed by atoms with E-state index in [1.165, 1.54) is 29.6 Å². The highest BCUT2D eigenvalue weighted by Gasteiger charge is 2.33. The van der Waals surface area contributed by atoms with Crippen molar-refractivity contribution in [2.45, 2.75) is 38.6 Å². The maximum atomic E-state index is 9.59. The summed E-state index contributed by atoms with van der Waals surface area (Å²) in [5.41, 5.74) is 5.42. The van der Waals surface area contributed by atoms with Gasteiger partial charge < -0.3 is 9.47 Å². The van der Waals surface area contributed by atoms with Gasteiger partial charge in [0.1, 0.15) is 17.7 Å². The zero-order chi connectivity index (χ0) is 17.7. The Kier molecular flexibility index (Phi) is 3.46. The number of nitriles is 1. The topological polar surface area (TPSA) is 57.7 Å². The number of nitrogens with zero attached hydrogens (tertiary/aromatic N) is 5. The van der Waals surface area contributed by atoms with Crippen LogP contribution in [0.3, 0.4) is 0 Å². The van der Waals surface area contributed by atoms with Crippen LogP contribution in [-0.4, -0.2) is 27.6 Å². The molecule has 130 valence electrons. The van der Waals surface area contributed by atoms with Gasteiger partial charge in [0.05, 0.1) is 22.6 Å². The van der Waals surface area contributed by atoms with E-state index in [0.29, 0.717) is 6.04 Å². The first-order valence-corrected chi connectivity index (χ1v) is 9.36. The van der Waals surface area contributed by atoms with Crippen LogP contribution in [0.1, 0.15) is 41.5 Å². The predicted molar refractivity (Wildman–Crippen MR) is 101 cm³/mol. The Hall–Kier alpha value is -2.87. The molecule has 5 rings (SSSR count). The van der Waals surface area contributed by atoms with Crippen LogP contribution < -0.4 is 4.90 Å². The molecule has 5 nitrogen and oxygen atoms in total. The normalized spacial score (nSPS) is 17.0. The zero-order valence-corrected chi connectivity index (χ0v) is 14.9. The van der Waals surface area contributed by atoms with Gasteiger partial charge in [-0.05, 0) is 56.4 Å². The summed E-state index contributed by atoms with van der Waals surface area (Å²) in [5, 5.41) is 9.59. The Labute approximate surface area is 152 Å². The van der Waals surface area contributed by atoms with Crippen molar-refractivity contribution in [2.24, 2.45) is 0 Å². The summed E-state index contributed by atoms with van der Waals surface area (Å²) in [5.74, 6) is 1.92. The van der Waals surface area contributed by atoms with E-state index >= 15 is 0 Å². The minimum absolute atomic E-state index is 0.381. The molecule has 0 saturated carbocycles. The van der Waals surface area contributed by atoms with Crippen LogP contribution in [0.5, 0.6) is 0 Å². The van der Waals surface area contributed by atoms with E-state index < -0.39 is 0 Å². The quantitative estimate of drug-likeness (QED) is 0.714. The first kappa shape index (κ1) is 15.4. The molecule has 2 aromatic heterocycles. The van der Waals surface area contributed by atoms with Gasteiger partial charge >= 0.3 is 0 Å². The third-order valence-electron chi connectivity index (χ3n) is 5.70. The van der Waals surface area contributed by atoms with Crippen molar-refractivity contribution in [3.05, 3.63) is 53.0 Å². The summed E-state index contributed by atoms with van der Waals surface area (Å²) in [7, 11) is 0. The molecular formula is C21H21N5. The third-order valence-corrected chi connectivity index (χ3v) is 5.70. The van der Waals surface area contributed by atoms with Crippen LogP contribution in [0.15, 0.2) is 30.3 Å². The molecule has 3 aromatic rings. The summed E-state index contributed by atoms with van der Waals surface area (Å²) in [6.07, 6.45) is 4.50. The number of imidazole rings is 1. The summed E-state index contributed by atoms with van der Waals surface area (Å²) in [4.78, 5) is 11.8. The van der Waals surface area contributed by atoms with Crippen LogP contribution in [0, 0.1) is 18.3 Å². The van der Waals surface area contributed by atoms with Crippen molar-refractivity contribution < 1.29 is 0 Å². The molecule has 0 N–H and O–H groups in total. The fraction of sp³-hybridized carbons (Fsp3) is 0.381. The van der Waals surface area contributed by atoms with Crippen LogP contribution in [0.4, 0.5) is 5.82 Å². The standard InChI is InChI=1S/C21H21N5/c1-14-23-19-8-4-5-9-20(19)26(14)17-12-25(13-17)21-16(11-22)10-15-6-2-3-7-18(15)24-21/h4-5,8-10,17H,2-3,6-7,12-13H2,1H3. The van der Waals surface area contributed by atoms with E-state index in [0.717, 1.165) is 48.7 Å². The number of anilines is 1. The van der Waals surface area contributed by atoms with Gasteiger partial charge in [-0.15, -0.1) is 0 Å². The predicted octanol–water partition coefficient (Wildman–Crippen LogP) is 3.55. The van der Waals surface area contributed by atoms with Crippen LogP contribution in [0.2, 0.25) is 0 Å². The van der Waals surface area contributed by atoms with Crippen LogP contribution in [0.25, 0.3) is 11.0 Å². The molecule has 0 amide bonds. The number of aromatic nitrogens is 3. The molecule has 0 bridgehead atoms. The van der Waals surface area contributed by atoms with E-state index in [1.807, 2.05) is 6.07 Å². The highest BCUT2D eigenvalue weighted by molar-refractivity contribution is 5.76. The number of fused-ring (bicyclic) bond motifs is 2. The lowest BCUT2D eigenvalue weighted by molar-refractivity contribution is 0.398. The third kappa shape index (κ3) is 2.29. The SMILES string of the molecule is Cc1nc2ccccc2n1C1CN(c2nc3c(cc2C#N)CCCC3)C1. The van der Waals surface area contributed by atoms with Gasteiger partial charge in [-0.25, -0.2) is 9.97 Å². The second kappa shape index (κ2) is 5.84. The van der Waals surface area contributed by atoms with E-state index in [4.69, 9.17) is 4.98 Å². The molecule has 1 saturated heterocycles. The van der Waals surface area contributed by atoms with Gasteiger partial charge in [-0.2, -0.15) is 5.26 Å². The number of pyridine rings is 1. The first-order chi connectivity index (χ1) is 12.7. The minimum atomic E-state index is 0.381. The smallest absolute Gasteiger partial charge is 0.146 e. The number of rotatable bonds is 2. The number of benzene rings is 1. The lowest BCUT2D eigenvalue weighted by Gasteiger charge is -2.42. The fourth-order valence-corrected chi connectivity index (χ4v) is 4.36. The Morgan fingerprint density at radius 2 is 1.92 bits per heavy atom. The number of hydrogen-bond acceptors (Lipinski definition) is 4. The van der Waals surface area contributed by atoms with E-state index in [1.54, 1.807) is 0 Å². The van der Waals surface area contributed by atoms with Gasteiger partial charge in [0, 0.05) is 18.8 Å². The van der Waals surface area contributed by atoms with Crippen molar-refractivity contribution in [1.82, 2.24) is 14.5 Å². The average Bonchev–Trinajstić information content (AvgIpc) is 2.96. The lowest BCUT2D eigenvalue weighted by atomic mass is 9.94. The summed E-state index contributed by atoms with van der Waals surface area (Å²) < 4.78 is 2.33. The maximum absolute atomic E-state index is 9.59. The van der Waals surface area contributed by atoms with Crippen LogP contribution >= 0.6 is 0 Å². The molecular weight excluding hydrogens is 322 g/mol. The van der Waals surface area contributed by atoms with E-state index in [-0.39, 0.29) is 0 Å². The summed E-state index contributed by atoms with van der Waals surface area (Å²) >= 11 is 0. The van der Waals surface area contributed by atoms with Gasteiger partial charge in [-0.1, -0.05) is 12.1 Å². The van der Waals surface area contributed by atoms with E-state index in [2.05, 4.69) is 51.7 Å². The zero-order valence-electron chi connectivity index (χ0n) is 14.9. The average molecular weight is 343 g/mol. The molecule has 0 unspecified atom stereocenters. The Morgan fingerprint density at radius 1 is 1.12 bits per heavy atom. The van der Waals surface area contributed by atoms with Crippen molar-refractivity contribution in [1.29, 1.82) is 5.26 Å². The number of hydrogen-bond donors (Lipinski definition) is 0. The molecule has 5 heteroatoms. The molecule has 0 radical (unpaired) electrons. The second-order valence-corrected chi connectivity index (χ2v) is 7.36. The lowest BCUT2D eigenvalue weighted by Crippen LogP contribution is -2.49. The molecule has 2 aliphatic rings. The molecule has 1 fully saturated rings. The van der Waals surface area contributed by atoms with Gasteiger partial charge in [-0.3, -0.25) is 0 Å². The van der Waals surface area contributed by atoms with Gasteiger partial charge in [0.25, 0.3) is 0 Å². The molecule has 3 heterocycles. The summed E-state index contributed by atoms with van der Waals surface area (Å²) in [6.45, 7) is 3.82. The monoisotopic (exact) mass is 343 g/mol. The highest BCUT2D eigenvalue weighted by atomic mass is 15.3. The van der Waals surface area contributed by atoms with Gasteiger partial charge in [0.15, 0.2) is 0 Å². The molecule has 0 atom stereocenters. The molecule has 1 aliphatic heterocycles. The fourth-order valence-electron chi connectivity index (χ4n) is 4.36. The Bertz CT molecular complexity index is 1040. The van der Waals surface area contributed by atoms with Crippen molar-refractivity contribution in [3.8, 4) is 6.07 Å². The first-order valence-electron chi connectivity index (χ1n) is 9.36. The highest BCUT2D eigenvalue weighted by Crippen LogP contribution is 2.34. The second-order valence-electron chi connectivity index (χ2n) is 7.36. The molecule has 1 aliphatic carbocycles.